The summed E-state index contributed by atoms with van der Waals surface area (Å²) in [5.74, 6) is -0.126. The predicted octanol–water partition coefficient (Wildman–Crippen LogP) is 3.35. The zero-order chi connectivity index (χ0) is 18.9. The molecule has 0 aliphatic carbocycles. The molecule has 0 amide bonds. The highest BCUT2D eigenvalue weighted by molar-refractivity contribution is 7.92. The number of carbonyl (C=O) groups is 1. The van der Waals surface area contributed by atoms with E-state index in [4.69, 9.17) is 4.74 Å². The van der Waals surface area contributed by atoms with Gasteiger partial charge >= 0.3 is 5.97 Å². The number of thiazole rings is 1. The van der Waals surface area contributed by atoms with Crippen molar-refractivity contribution in [2.45, 2.75) is 30.5 Å². The Hall–Kier alpha value is -1.97. The van der Waals surface area contributed by atoms with Gasteiger partial charge in [0.2, 0.25) is 4.80 Å². The van der Waals surface area contributed by atoms with Crippen LogP contribution in [0.4, 0.5) is 0 Å². The van der Waals surface area contributed by atoms with Gasteiger partial charge in [-0.05, 0) is 35.1 Å². The number of nitrogens with zero attached hydrogens (tertiary/aromatic N) is 2. The van der Waals surface area contributed by atoms with Crippen molar-refractivity contribution in [1.82, 2.24) is 4.57 Å². The molecule has 0 fully saturated rings. The number of carbonyl (C=O) groups excluding carboxylic acids is 1. The van der Waals surface area contributed by atoms with E-state index in [0.717, 1.165) is 27.1 Å². The van der Waals surface area contributed by atoms with E-state index in [0.29, 0.717) is 5.92 Å². The van der Waals surface area contributed by atoms with Crippen LogP contribution in [0.2, 0.25) is 0 Å². The van der Waals surface area contributed by atoms with Gasteiger partial charge in [0.15, 0.2) is 0 Å². The van der Waals surface area contributed by atoms with E-state index < -0.39 is 16.0 Å². The summed E-state index contributed by atoms with van der Waals surface area (Å²) in [5, 5.41) is 1.69. The lowest BCUT2D eigenvalue weighted by Crippen LogP contribution is -2.22. The van der Waals surface area contributed by atoms with E-state index in [1.54, 1.807) is 16.0 Å². The molecule has 0 aliphatic rings. The van der Waals surface area contributed by atoms with Crippen molar-refractivity contribution >= 4 is 48.9 Å². The van der Waals surface area contributed by atoms with Crippen LogP contribution < -0.4 is 4.80 Å². The quantitative estimate of drug-likeness (QED) is 0.604. The predicted molar refractivity (Wildman–Crippen MR) is 103 cm³/mol. The van der Waals surface area contributed by atoms with Crippen LogP contribution in [-0.4, -0.2) is 26.1 Å². The number of ether oxygens (including phenoxy) is 1. The fourth-order valence-electron chi connectivity index (χ4n) is 2.42. The fraction of sp³-hybridized carbons (Fsp3) is 0.294. The normalized spacial score (nSPS) is 12.8. The average molecular weight is 411 g/mol. The zero-order valence-corrected chi connectivity index (χ0v) is 17.0. The molecular weight excluding hydrogens is 392 g/mol. The van der Waals surface area contributed by atoms with E-state index >= 15 is 0 Å². The van der Waals surface area contributed by atoms with Gasteiger partial charge in [-0.1, -0.05) is 37.3 Å². The van der Waals surface area contributed by atoms with Crippen molar-refractivity contribution in [3.05, 3.63) is 46.1 Å². The summed E-state index contributed by atoms with van der Waals surface area (Å²) in [7, 11) is -2.53. The summed E-state index contributed by atoms with van der Waals surface area (Å²) in [4.78, 5) is 12.1. The smallest absolute Gasteiger partial charge is 0.325 e. The number of esters is 1. The summed E-state index contributed by atoms with van der Waals surface area (Å²) in [6.45, 7) is 4.07. The molecular formula is C17H18N2O4S3. The maximum absolute atomic E-state index is 12.5. The summed E-state index contributed by atoms with van der Waals surface area (Å²) in [6, 6.07) is 9.05. The number of hydrogen-bond acceptors (Lipinski definition) is 6. The van der Waals surface area contributed by atoms with Crippen LogP contribution >= 0.6 is 22.7 Å². The monoisotopic (exact) mass is 410 g/mol. The minimum absolute atomic E-state index is 0.101. The highest BCUT2D eigenvalue weighted by Gasteiger charge is 2.17. The summed E-state index contributed by atoms with van der Waals surface area (Å²) in [5.41, 5.74) is 1.89. The molecule has 3 aromatic rings. The summed E-state index contributed by atoms with van der Waals surface area (Å²) in [6.07, 6.45) is 0. The van der Waals surface area contributed by atoms with Crippen LogP contribution in [0.5, 0.6) is 0 Å². The van der Waals surface area contributed by atoms with Crippen molar-refractivity contribution in [3.63, 3.8) is 0 Å². The van der Waals surface area contributed by atoms with E-state index in [2.05, 4.69) is 18.2 Å². The van der Waals surface area contributed by atoms with Gasteiger partial charge in [0.1, 0.15) is 10.8 Å². The second kappa shape index (κ2) is 7.34. The third kappa shape index (κ3) is 3.74. The van der Waals surface area contributed by atoms with Crippen molar-refractivity contribution in [1.29, 1.82) is 0 Å². The molecule has 1 aromatic carbocycles. The Kier molecular flexibility index (Phi) is 5.31. The van der Waals surface area contributed by atoms with Crippen LogP contribution in [-0.2, 0) is 26.1 Å². The third-order valence-electron chi connectivity index (χ3n) is 3.84. The molecule has 0 aliphatic heterocycles. The van der Waals surface area contributed by atoms with E-state index in [1.807, 2.05) is 18.2 Å². The number of thiophene rings is 1. The number of fused-ring (bicyclic) bond motifs is 1. The van der Waals surface area contributed by atoms with Gasteiger partial charge in [0, 0.05) is 0 Å². The van der Waals surface area contributed by atoms with Gasteiger partial charge < -0.3 is 9.30 Å². The number of methoxy groups -OCH3 is 1. The number of sulfonamides is 1. The first-order valence-electron chi connectivity index (χ1n) is 7.86. The van der Waals surface area contributed by atoms with Crippen molar-refractivity contribution in [3.8, 4) is 0 Å². The lowest BCUT2D eigenvalue weighted by molar-refractivity contribution is -0.141. The molecule has 0 saturated carbocycles. The Labute approximate surface area is 159 Å². The van der Waals surface area contributed by atoms with Gasteiger partial charge in [-0.2, -0.15) is 8.42 Å². The maximum Gasteiger partial charge on any atom is 0.325 e. The molecule has 0 radical (unpaired) electrons. The maximum atomic E-state index is 12.5. The molecule has 6 nitrogen and oxygen atoms in total. The number of benzene rings is 1. The van der Waals surface area contributed by atoms with Crippen molar-refractivity contribution < 1.29 is 17.9 Å². The molecule has 9 heteroatoms. The lowest BCUT2D eigenvalue weighted by Gasteiger charge is -2.06. The third-order valence-corrected chi connectivity index (χ3v) is 7.63. The lowest BCUT2D eigenvalue weighted by atomic mass is 10.0. The summed E-state index contributed by atoms with van der Waals surface area (Å²) < 4.78 is 36.5. The van der Waals surface area contributed by atoms with Gasteiger partial charge in [-0.15, -0.1) is 15.7 Å². The molecule has 0 saturated heterocycles. The van der Waals surface area contributed by atoms with Crippen LogP contribution in [0.3, 0.4) is 0 Å². The highest BCUT2D eigenvalue weighted by Crippen LogP contribution is 2.24. The Morgan fingerprint density at radius 1 is 1.31 bits per heavy atom. The molecule has 26 heavy (non-hydrogen) atoms. The molecule has 138 valence electrons. The van der Waals surface area contributed by atoms with Gasteiger partial charge in [-0.3, -0.25) is 4.79 Å². The standard InChI is InChI=1S/C17H18N2O4S3/c1-11(2)12-6-7-13-14(9-12)25-17(19(13)10-15(20)23-3)18-26(21,22)16-5-4-8-24-16/h4-9,11H,10H2,1-3H3. The minimum atomic E-state index is -3.83. The molecule has 0 spiro atoms. The van der Waals surface area contributed by atoms with Crippen LogP contribution in [0, 0.1) is 0 Å². The van der Waals surface area contributed by atoms with E-state index in [-0.39, 0.29) is 15.6 Å². The van der Waals surface area contributed by atoms with Crippen LogP contribution in [0.15, 0.2) is 44.3 Å². The minimum Gasteiger partial charge on any atom is -0.468 e. The Morgan fingerprint density at radius 2 is 2.08 bits per heavy atom. The van der Waals surface area contributed by atoms with Crippen LogP contribution in [0.25, 0.3) is 10.2 Å². The largest absolute Gasteiger partial charge is 0.468 e. The average Bonchev–Trinajstić information content (AvgIpc) is 3.23. The Balaban J connectivity index is 2.24. The molecule has 0 atom stereocenters. The van der Waals surface area contributed by atoms with Gasteiger partial charge in [-0.25, -0.2) is 0 Å². The first-order valence-corrected chi connectivity index (χ1v) is 11.0. The molecule has 0 unspecified atom stereocenters. The topological polar surface area (TPSA) is 77.7 Å². The Bertz CT molecular complexity index is 1110. The fourth-order valence-corrected chi connectivity index (χ4v) is 5.67. The van der Waals surface area contributed by atoms with Crippen molar-refractivity contribution in [2.24, 2.45) is 4.40 Å². The first-order chi connectivity index (χ1) is 12.3. The zero-order valence-electron chi connectivity index (χ0n) is 14.5. The number of hydrogen-bond donors (Lipinski definition) is 0. The SMILES string of the molecule is COC(=O)Cn1c(=NS(=O)(=O)c2cccs2)sc2cc(C(C)C)ccc21. The second-order valence-electron chi connectivity index (χ2n) is 5.93. The molecule has 0 N–H and O–H groups in total. The van der Waals surface area contributed by atoms with Gasteiger partial charge in [0.25, 0.3) is 10.0 Å². The number of aromatic nitrogens is 1. The molecule has 2 heterocycles. The van der Waals surface area contributed by atoms with E-state index in [1.165, 1.54) is 24.5 Å². The summed E-state index contributed by atoms with van der Waals surface area (Å²) >= 11 is 2.35. The number of rotatable bonds is 5. The second-order valence-corrected chi connectivity index (χ2v) is 9.71. The molecule has 2 aromatic heterocycles. The van der Waals surface area contributed by atoms with Crippen molar-refractivity contribution in [2.75, 3.05) is 7.11 Å². The van der Waals surface area contributed by atoms with Gasteiger partial charge in [0.05, 0.1) is 17.3 Å². The first kappa shape index (κ1) is 18.8. The molecule has 3 rings (SSSR count). The highest BCUT2D eigenvalue weighted by atomic mass is 32.2. The van der Waals surface area contributed by atoms with E-state index in [9.17, 15) is 13.2 Å². The molecule has 0 bridgehead atoms. The van der Waals surface area contributed by atoms with Crippen LogP contribution in [0.1, 0.15) is 25.3 Å². The Morgan fingerprint density at radius 3 is 2.69 bits per heavy atom.